The van der Waals surface area contributed by atoms with Crippen LogP contribution in [0.2, 0.25) is 0 Å². The third-order valence-corrected chi connectivity index (χ3v) is 3.05. The third-order valence-electron chi connectivity index (χ3n) is 2.13. The highest BCUT2D eigenvalue weighted by Crippen LogP contribution is 2.04. The summed E-state index contributed by atoms with van der Waals surface area (Å²) in [5, 5.41) is 4.83. The molecule has 0 aliphatic rings. The molecule has 0 aliphatic carbocycles. The monoisotopic (exact) mass is 274 g/mol. The molecule has 4 nitrogen and oxygen atoms in total. The van der Waals surface area contributed by atoms with Gasteiger partial charge in [0.05, 0.1) is 4.90 Å². The van der Waals surface area contributed by atoms with Crippen LogP contribution in [0.5, 0.6) is 0 Å². The second-order valence-electron chi connectivity index (χ2n) is 3.63. The number of terminal acetylenes is 1. The molecule has 0 atom stereocenters. The van der Waals surface area contributed by atoms with Gasteiger partial charge < -0.3 is 5.73 Å². The minimum absolute atomic E-state index is 0.148. The fourth-order valence-electron chi connectivity index (χ4n) is 1.24. The zero-order chi connectivity index (χ0) is 14.3. The molecule has 0 aromatic heterocycles. The molecule has 19 heavy (non-hydrogen) atoms. The van der Waals surface area contributed by atoms with E-state index in [1.54, 1.807) is 30.3 Å². The number of primary sulfonamides is 1. The van der Waals surface area contributed by atoms with Crippen LogP contribution in [0.15, 0.2) is 59.5 Å². The van der Waals surface area contributed by atoms with Crippen LogP contribution in [0, 0.1) is 12.3 Å². The molecule has 0 amide bonds. The van der Waals surface area contributed by atoms with E-state index in [1.165, 1.54) is 12.1 Å². The van der Waals surface area contributed by atoms with Gasteiger partial charge in [0.1, 0.15) is 0 Å². The van der Waals surface area contributed by atoms with Crippen molar-refractivity contribution >= 4 is 15.7 Å². The fourth-order valence-corrected chi connectivity index (χ4v) is 1.78. The van der Waals surface area contributed by atoms with Crippen LogP contribution in [0.1, 0.15) is 5.56 Å². The van der Waals surface area contributed by atoms with Gasteiger partial charge in [0.2, 0.25) is 10.0 Å². The molecular formula is C14H14N2O2S. The van der Waals surface area contributed by atoms with Crippen LogP contribution >= 0.6 is 0 Å². The van der Waals surface area contributed by atoms with Gasteiger partial charge in [-0.3, -0.25) is 0 Å². The number of anilines is 1. The lowest BCUT2D eigenvalue weighted by Gasteiger charge is -1.93. The first-order valence-corrected chi connectivity index (χ1v) is 6.88. The molecule has 0 heterocycles. The molecule has 0 aliphatic heterocycles. The van der Waals surface area contributed by atoms with E-state index in [0.717, 1.165) is 5.56 Å². The van der Waals surface area contributed by atoms with Gasteiger partial charge in [0.25, 0.3) is 0 Å². The Hall–Kier alpha value is -2.29. The number of hydrogen-bond donors (Lipinski definition) is 2. The minimum Gasteiger partial charge on any atom is -0.399 e. The quantitative estimate of drug-likeness (QED) is 0.611. The van der Waals surface area contributed by atoms with Crippen LogP contribution in [0.25, 0.3) is 0 Å². The van der Waals surface area contributed by atoms with Crippen molar-refractivity contribution in [3.8, 4) is 12.3 Å². The highest BCUT2D eigenvalue weighted by Gasteiger charge is 2.03. The summed E-state index contributed by atoms with van der Waals surface area (Å²) in [6, 6.07) is 15.1. The van der Waals surface area contributed by atoms with Gasteiger partial charge in [-0.1, -0.05) is 30.2 Å². The van der Waals surface area contributed by atoms with E-state index >= 15 is 0 Å². The highest BCUT2D eigenvalue weighted by atomic mass is 32.2. The zero-order valence-electron chi connectivity index (χ0n) is 10.2. The first-order chi connectivity index (χ1) is 8.93. The average molecular weight is 274 g/mol. The smallest absolute Gasteiger partial charge is 0.238 e. The molecule has 0 saturated heterocycles. The molecule has 0 saturated carbocycles. The van der Waals surface area contributed by atoms with Gasteiger partial charge in [-0.05, 0) is 30.3 Å². The fraction of sp³-hybridized carbons (Fsp3) is 0. The van der Waals surface area contributed by atoms with E-state index in [9.17, 15) is 8.42 Å². The van der Waals surface area contributed by atoms with Crippen molar-refractivity contribution < 1.29 is 8.42 Å². The Labute approximate surface area is 113 Å². The molecule has 2 aromatic carbocycles. The Morgan fingerprint density at radius 3 is 2.00 bits per heavy atom. The van der Waals surface area contributed by atoms with Gasteiger partial charge in [-0.25, -0.2) is 13.6 Å². The lowest BCUT2D eigenvalue weighted by atomic mass is 10.2. The average Bonchev–Trinajstić information content (AvgIpc) is 2.39. The van der Waals surface area contributed by atoms with Crippen molar-refractivity contribution in [3.05, 3.63) is 60.2 Å². The zero-order valence-corrected chi connectivity index (χ0v) is 11.0. The Bertz CT molecular complexity index is 674. The molecule has 5 heteroatoms. The Kier molecular flexibility index (Phi) is 5.12. The Morgan fingerprint density at radius 1 is 1.00 bits per heavy atom. The predicted molar refractivity (Wildman–Crippen MR) is 76.6 cm³/mol. The summed E-state index contributed by atoms with van der Waals surface area (Å²) in [6.07, 6.45) is 5.11. The van der Waals surface area contributed by atoms with Crippen molar-refractivity contribution in [1.82, 2.24) is 0 Å². The summed E-state index contributed by atoms with van der Waals surface area (Å²) >= 11 is 0. The van der Waals surface area contributed by atoms with Crippen LogP contribution in [0.4, 0.5) is 5.69 Å². The first-order valence-electron chi connectivity index (χ1n) is 5.33. The molecule has 2 aromatic rings. The van der Waals surface area contributed by atoms with Crippen molar-refractivity contribution in [2.75, 3.05) is 5.73 Å². The van der Waals surface area contributed by atoms with E-state index < -0.39 is 10.0 Å². The van der Waals surface area contributed by atoms with Crippen molar-refractivity contribution in [1.29, 1.82) is 0 Å². The number of nitrogens with two attached hydrogens (primary N) is 2. The molecule has 0 radical (unpaired) electrons. The number of hydrogen-bond acceptors (Lipinski definition) is 3. The standard InChI is InChI=1S/C8H7N.C6H7NO2S/c1-2-7-4-3-5-8(9)6-7;7-10(8,9)6-4-2-1-3-5-6/h1,3-6H,9H2;1-5H,(H2,7,8,9). The molecule has 0 bridgehead atoms. The molecular weight excluding hydrogens is 260 g/mol. The van der Waals surface area contributed by atoms with Crippen LogP contribution in [-0.4, -0.2) is 8.42 Å². The summed E-state index contributed by atoms with van der Waals surface area (Å²) < 4.78 is 21.2. The predicted octanol–water partition coefficient (Wildman–Crippen LogP) is 1.58. The van der Waals surface area contributed by atoms with E-state index in [1.807, 2.05) is 12.1 Å². The van der Waals surface area contributed by atoms with E-state index in [2.05, 4.69) is 5.92 Å². The lowest BCUT2D eigenvalue weighted by Crippen LogP contribution is -2.11. The maximum Gasteiger partial charge on any atom is 0.238 e. The normalized spacial score (nSPS) is 9.89. The minimum atomic E-state index is -3.50. The van der Waals surface area contributed by atoms with Crippen LogP contribution in [0.3, 0.4) is 0 Å². The lowest BCUT2D eigenvalue weighted by molar-refractivity contribution is 0.598. The second-order valence-corrected chi connectivity index (χ2v) is 5.19. The SMILES string of the molecule is C#Cc1cccc(N)c1.NS(=O)(=O)c1ccccc1. The maximum absolute atomic E-state index is 10.6. The van der Waals surface area contributed by atoms with Gasteiger partial charge in [-0.15, -0.1) is 6.42 Å². The van der Waals surface area contributed by atoms with Crippen molar-refractivity contribution in [2.24, 2.45) is 5.14 Å². The van der Waals surface area contributed by atoms with Crippen LogP contribution in [-0.2, 0) is 10.0 Å². The Balaban J connectivity index is 0.000000191. The van der Waals surface area contributed by atoms with E-state index in [-0.39, 0.29) is 4.90 Å². The van der Waals surface area contributed by atoms with E-state index in [4.69, 9.17) is 17.3 Å². The molecule has 0 unspecified atom stereocenters. The molecule has 2 rings (SSSR count). The van der Waals surface area contributed by atoms with Gasteiger partial charge in [0.15, 0.2) is 0 Å². The summed E-state index contributed by atoms with van der Waals surface area (Å²) in [5.74, 6) is 2.49. The van der Waals surface area contributed by atoms with Crippen LogP contribution < -0.4 is 10.9 Å². The summed E-state index contributed by atoms with van der Waals surface area (Å²) in [6.45, 7) is 0. The third kappa shape index (κ3) is 5.25. The number of sulfonamides is 1. The number of nitrogen functional groups attached to an aromatic ring is 1. The number of benzene rings is 2. The van der Waals surface area contributed by atoms with Gasteiger partial charge in [0, 0.05) is 11.3 Å². The maximum atomic E-state index is 10.6. The summed E-state index contributed by atoms with van der Waals surface area (Å²) in [5.41, 5.74) is 6.98. The van der Waals surface area contributed by atoms with Gasteiger partial charge >= 0.3 is 0 Å². The molecule has 0 fully saturated rings. The highest BCUT2D eigenvalue weighted by molar-refractivity contribution is 7.89. The summed E-state index contributed by atoms with van der Waals surface area (Å²) in [4.78, 5) is 0.148. The Morgan fingerprint density at radius 2 is 1.63 bits per heavy atom. The van der Waals surface area contributed by atoms with Crippen molar-refractivity contribution in [3.63, 3.8) is 0 Å². The van der Waals surface area contributed by atoms with Crippen molar-refractivity contribution in [2.45, 2.75) is 4.90 Å². The molecule has 98 valence electrons. The molecule has 4 N–H and O–H groups in total. The largest absolute Gasteiger partial charge is 0.399 e. The van der Waals surface area contributed by atoms with Gasteiger partial charge in [-0.2, -0.15) is 0 Å². The first kappa shape index (κ1) is 14.8. The topological polar surface area (TPSA) is 86.2 Å². The number of rotatable bonds is 1. The van der Waals surface area contributed by atoms with E-state index in [0.29, 0.717) is 5.69 Å². The molecule has 0 spiro atoms. The second kappa shape index (κ2) is 6.59. The summed E-state index contributed by atoms with van der Waals surface area (Å²) in [7, 11) is -3.50.